The highest BCUT2D eigenvalue weighted by Crippen LogP contribution is 2.31. The minimum Gasteiger partial charge on any atom is -0.367 e. The number of aromatic nitrogens is 1. The van der Waals surface area contributed by atoms with Crippen molar-refractivity contribution in [2.24, 2.45) is 17.6 Å². The topological polar surface area (TPSA) is 50.9 Å². The van der Waals surface area contributed by atoms with Crippen LogP contribution in [0.4, 0.5) is 10.2 Å². The van der Waals surface area contributed by atoms with Crippen molar-refractivity contribution in [3.63, 3.8) is 0 Å². The van der Waals surface area contributed by atoms with Crippen molar-refractivity contribution < 1.29 is 4.39 Å². The first-order valence-corrected chi connectivity index (χ1v) is 6.33. The van der Waals surface area contributed by atoms with E-state index >= 15 is 0 Å². The normalized spacial score (nSPS) is 23.9. The van der Waals surface area contributed by atoms with Gasteiger partial charge in [-0.1, -0.05) is 18.0 Å². The third-order valence-corrected chi connectivity index (χ3v) is 3.67. The van der Waals surface area contributed by atoms with E-state index in [0.29, 0.717) is 23.4 Å². The molecule has 1 aromatic heterocycles. The number of hydrogen-bond acceptors (Lipinski definition) is 3. The van der Waals surface area contributed by atoms with Crippen LogP contribution in [0.3, 0.4) is 0 Å². The average molecular weight is 258 g/mol. The number of halogens is 2. The molecule has 3 N–H and O–H groups in total. The summed E-state index contributed by atoms with van der Waals surface area (Å²) in [6, 6.07) is 1.27. The van der Waals surface area contributed by atoms with Crippen LogP contribution in [0.2, 0.25) is 5.02 Å². The zero-order valence-corrected chi connectivity index (χ0v) is 10.4. The monoisotopic (exact) mass is 257 g/mol. The van der Waals surface area contributed by atoms with Crippen molar-refractivity contribution in [3.05, 3.63) is 23.1 Å². The maximum atomic E-state index is 13.5. The van der Waals surface area contributed by atoms with Gasteiger partial charge in [0.1, 0.15) is 0 Å². The van der Waals surface area contributed by atoms with E-state index in [9.17, 15) is 4.39 Å². The fourth-order valence-corrected chi connectivity index (χ4v) is 2.61. The molecule has 2 atom stereocenters. The van der Waals surface area contributed by atoms with Gasteiger partial charge in [-0.3, -0.25) is 0 Å². The van der Waals surface area contributed by atoms with Gasteiger partial charge >= 0.3 is 0 Å². The Morgan fingerprint density at radius 1 is 1.47 bits per heavy atom. The van der Waals surface area contributed by atoms with Crippen LogP contribution >= 0.6 is 11.6 Å². The van der Waals surface area contributed by atoms with Gasteiger partial charge < -0.3 is 11.1 Å². The number of hydrogen-bond donors (Lipinski definition) is 2. The number of nitrogens with two attached hydrogens (primary N) is 1. The molecule has 5 heteroatoms. The molecule has 0 bridgehead atoms. The van der Waals surface area contributed by atoms with Crippen LogP contribution < -0.4 is 11.1 Å². The summed E-state index contributed by atoms with van der Waals surface area (Å²) in [6.45, 7) is 1.44. The van der Waals surface area contributed by atoms with E-state index in [1.54, 1.807) is 0 Å². The summed E-state index contributed by atoms with van der Waals surface area (Å²) in [5.74, 6) is 0.951. The number of nitrogens with zero attached hydrogens (tertiary/aromatic N) is 1. The molecule has 2 rings (SSSR count). The van der Waals surface area contributed by atoms with Crippen LogP contribution in [0.1, 0.15) is 19.3 Å². The summed E-state index contributed by atoms with van der Waals surface area (Å²) in [5, 5.41) is 3.36. The van der Waals surface area contributed by atoms with Crippen molar-refractivity contribution in [3.8, 4) is 0 Å². The Balaban J connectivity index is 1.93. The molecule has 0 amide bonds. The lowest BCUT2D eigenvalue weighted by Gasteiger charge is -2.18. The smallest absolute Gasteiger partial charge is 0.166 e. The molecule has 17 heavy (non-hydrogen) atoms. The summed E-state index contributed by atoms with van der Waals surface area (Å²) in [7, 11) is 0. The van der Waals surface area contributed by atoms with E-state index < -0.39 is 5.82 Å². The zero-order chi connectivity index (χ0) is 12.3. The van der Waals surface area contributed by atoms with Crippen molar-refractivity contribution in [2.75, 3.05) is 18.4 Å². The second kappa shape index (κ2) is 5.65. The molecule has 1 saturated carbocycles. The zero-order valence-electron chi connectivity index (χ0n) is 9.63. The minimum atomic E-state index is -0.403. The van der Waals surface area contributed by atoms with Crippen LogP contribution in [0, 0.1) is 17.7 Å². The Morgan fingerprint density at radius 2 is 2.24 bits per heavy atom. The highest BCUT2D eigenvalue weighted by atomic mass is 35.5. The molecular formula is C12H17ClFN3. The average Bonchev–Trinajstić information content (AvgIpc) is 2.75. The van der Waals surface area contributed by atoms with Gasteiger partial charge in [-0.15, -0.1) is 0 Å². The van der Waals surface area contributed by atoms with E-state index in [-0.39, 0.29) is 5.82 Å². The molecule has 0 spiro atoms. The van der Waals surface area contributed by atoms with Crippen LogP contribution in [0.15, 0.2) is 12.3 Å². The van der Waals surface area contributed by atoms with Gasteiger partial charge in [-0.25, -0.2) is 9.37 Å². The van der Waals surface area contributed by atoms with E-state index in [1.807, 2.05) is 0 Å². The molecular weight excluding hydrogens is 241 g/mol. The predicted octanol–water partition coefficient (Wildman–Crippen LogP) is 2.66. The van der Waals surface area contributed by atoms with E-state index in [1.165, 1.54) is 25.1 Å². The maximum absolute atomic E-state index is 13.5. The predicted molar refractivity (Wildman–Crippen MR) is 67.6 cm³/mol. The standard InChI is InChI=1S/C12H17ClFN3/c13-10-4-11(14)12(17-7-10)16-6-9-3-1-2-8(9)5-15/h4,7-9H,1-3,5-6,15H2,(H,16,17). The van der Waals surface area contributed by atoms with Gasteiger partial charge in [-0.2, -0.15) is 0 Å². The Bertz CT molecular complexity index is 386. The van der Waals surface area contributed by atoms with E-state index in [0.717, 1.165) is 13.0 Å². The quantitative estimate of drug-likeness (QED) is 0.872. The first-order chi connectivity index (χ1) is 8.20. The summed E-state index contributed by atoms with van der Waals surface area (Å²) in [4.78, 5) is 3.94. The maximum Gasteiger partial charge on any atom is 0.166 e. The molecule has 0 aromatic carbocycles. The molecule has 3 nitrogen and oxygen atoms in total. The van der Waals surface area contributed by atoms with Crippen LogP contribution in [0.5, 0.6) is 0 Å². The molecule has 0 aliphatic heterocycles. The van der Waals surface area contributed by atoms with Crippen LogP contribution in [-0.4, -0.2) is 18.1 Å². The SMILES string of the molecule is NCC1CCCC1CNc1ncc(Cl)cc1F. The van der Waals surface area contributed by atoms with E-state index in [4.69, 9.17) is 17.3 Å². The Labute approximate surface area is 106 Å². The van der Waals surface area contributed by atoms with Crippen molar-refractivity contribution in [1.29, 1.82) is 0 Å². The molecule has 94 valence electrons. The number of nitrogens with one attached hydrogen (secondary N) is 1. The lowest BCUT2D eigenvalue weighted by Crippen LogP contribution is -2.24. The molecule has 1 heterocycles. The fourth-order valence-electron chi connectivity index (χ4n) is 2.47. The second-order valence-corrected chi connectivity index (χ2v) is 4.99. The fraction of sp³-hybridized carbons (Fsp3) is 0.583. The first kappa shape index (κ1) is 12.6. The molecule has 2 unspecified atom stereocenters. The van der Waals surface area contributed by atoms with Gasteiger partial charge in [0.25, 0.3) is 0 Å². The lowest BCUT2D eigenvalue weighted by atomic mass is 9.96. The largest absolute Gasteiger partial charge is 0.367 e. The Kier molecular flexibility index (Phi) is 4.18. The molecule has 1 aliphatic carbocycles. The van der Waals surface area contributed by atoms with Gasteiger partial charge in [-0.05, 0) is 37.3 Å². The Hall–Kier alpha value is -0.870. The third kappa shape index (κ3) is 3.07. The van der Waals surface area contributed by atoms with Crippen LogP contribution in [0.25, 0.3) is 0 Å². The number of anilines is 1. The Morgan fingerprint density at radius 3 is 2.94 bits per heavy atom. The molecule has 0 saturated heterocycles. The number of pyridine rings is 1. The van der Waals surface area contributed by atoms with Crippen molar-refractivity contribution >= 4 is 17.4 Å². The molecule has 1 aromatic rings. The highest BCUT2D eigenvalue weighted by molar-refractivity contribution is 6.30. The molecule has 0 radical (unpaired) electrons. The first-order valence-electron chi connectivity index (χ1n) is 5.95. The van der Waals surface area contributed by atoms with Gasteiger partial charge in [0.05, 0.1) is 5.02 Å². The summed E-state index contributed by atoms with van der Waals surface area (Å²) in [5.41, 5.74) is 5.71. The van der Waals surface area contributed by atoms with Gasteiger partial charge in [0, 0.05) is 12.7 Å². The third-order valence-electron chi connectivity index (χ3n) is 3.46. The van der Waals surface area contributed by atoms with Crippen molar-refractivity contribution in [1.82, 2.24) is 4.98 Å². The lowest BCUT2D eigenvalue weighted by molar-refractivity contribution is 0.413. The summed E-state index contributed by atoms with van der Waals surface area (Å²) < 4.78 is 13.5. The van der Waals surface area contributed by atoms with Gasteiger partial charge in [0.15, 0.2) is 11.6 Å². The molecule has 1 fully saturated rings. The highest BCUT2D eigenvalue weighted by Gasteiger charge is 2.25. The summed E-state index contributed by atoms with van der Waals surface area (Å²) in [6.07, 6.45) is 5.00. The summed E-state index contributed by atoms with van der Waals surface area (Å²) >= 11 is 5.64. The number of rotatable bonds is 4. The van der Waals surface area contributed by atoms with Crippen LogP contribution in [-0.2, 0) is 0 Å². The second-order valence-electron chi connectivity index (χ2n) is 4.55. The minimum absolute atomic E-state index is 0.275. The molecule has 1 aliphatic rings. The van der Waals surface area contributed by atoms with E-state index in [2.05, 4.69) is 10.3 Å². The van der Waals surface area contributed by atoms with Gasteiger partial charge in [0.2, 0.25) is 0 Å². The van der Waals surface area contributed by atoms with Crippen molar-refractivity contribution in [2.45, 2.75) is 19.3 Å².